The van der Waals surface area contributed by atoms with Crippen LogP contribution in [-0.4, -0.2) is 91.4 Å². The van der Waals surface area contributed by atoms with Crippen LogP contribution in [-0.2, 0) is 28.4 Å². The van der Waals surface area contributed by atoms with Crippen molar-refractivity contribution in [2.24, 2.45) is 0 Å². The summed E-state index contributed by atoms with van der Waals surface area (Å²) in [6.45, 7) is 6.35. The zero-order valence-corrected chi connectivity index (χ0v) is 18.3. The summed E-state index contributed by atoms with van der Waals surface area (Å²) >= 11 is 0. The van der Waals surface area contributed by atoms with Crippen molar-refractivity contribution in [1.82, 2.24) is 4.98 Å². The third kappa shape index (κ3) is 11.3. The summed E-state index contributed by atoms with van der Waals surface area (Å²) in [5, 5.41) is 0.931. The number of nitrogen functional groups attached to an aromatic ring is 1. The lowest BCUT2D eigenvalue weighted by Crippen LogP contribution is -2.14. The lowest BCUT2D eigenvalue weighted by Gasteiger charge is -2.10. The zero-order chi connectivity index (χ0) is 22.0. The van der Waals surface area contributed by atoms with Crippen LogP contribution < -0.4 is 10.5 Å². The summed E-state index contributed by atoms with van der Waals surface area (Å²) in [7, 11) is 1.65. The minimum atomic E-state index is 0.448. The summed E-state index contributed by atoms with van der Waals surface area (Å²) in [5.41, 5.74) is 6.53. The molecule has 0 radical (unpaired) electrons. The number of benzene rings is 1. The minimum absolute atomic E-state index is 0.448. The van der Waals surface area contributed by atoms with E-state index >= 15 is 0 Å². The molecule has 0 saturated carbocycles. The van der Waals surface area contributed by atoms with Crippen LogP contribution in [0.3, 0.4) is 0 Å². The maximum Gasteiger partial charge on any atom is 0.128 e. The SMILES string of the molecule is COCCOCCOCCOCCOCCOCCOc1cccc2nc(N)ccc12. The Labute approximate surface area is 183 Å². The van der Waals surface area contributed by atoms with E-state index in [-0.39, 0.29) is 0 Å². The number of methoxy groups -OCH3 is 1. The van der Waals surface area contributed by atoms with Crippen LogP contribution in [0.1, 0.15) is 0 Å². The Morgan fingerprint density at radius 3 is 1.71 bits per heavy atom. The van der Waals surface area contributed by atoms with E-state index < -0.39 is 0 Å². The molecule has 174 valence electrons. The van der Waals surface area contributed by atoms with E-state index in [1.165, 1.54) is 0 Å². The first kappa shape index (κ1) is 25.3. The van der Waals surface area contributed by atoms with Gasteiger partial charge in [-0.25, -0.2) is 4.98 Å². The predicted octanol–water partition coefficient (Wildman–Crippen LogP) is 1.93. The van der Waals surface area contributed by atoms with Gasteiger partial charge in [0.2, 0.25) is 0 Å². The lowest BCUT2D eigenvalue weighted by atomic mass is 10.2. The smallest absolute Gasteiger partial charge is 0.128 e. The van der Waals surface area contributed by atoms with E-state index in [2.05, 4.69) is 4.98 Å². The molecule has 31 heavy (non-hydrogen) atoms. The second kappa shape index (κ2) is 16.7. The van der Waals surface area contributed by atoms with Crippen LogP contribution in [0.2, 0.25) is 0 Å². The van der Waals surface area contributed by atoms with E-state index in [9.17, 15) is 0 Å². The van der Waals surface area contributed by atoms with Gasteiger partial charge in [-0.3, -0.25) is 0 Å². The van der Waals surface area contributed by atoms with Crippen LogP contribution >= 0.6 is 0 Å². The molecule has 0 aliphatic heterocycles. The maximum absolute atomic E-state index is 5.79. The number of aromatic nitrogens is 1. The first-order valence-electron chi connectivity index (χ1n) is 10.5. The van der Waals surface area contributed by atoms with E-state index in [1.807, 2.05) is 24.3 Å². The molecule has 2 rings (SSSR count). The third-order valence-electron chi connectivity index (χ3n) is 4.12. The highest BCUT2D eigenvalue weighted by Gasteiger charge is 2.03. The van der Waals surface area contributed by atoms with Gasteiger partial charge in [-0.1, -0.05) is 6.07 Å². The van der Waals surface area contributed by atoms with Crippen LogP contribution in [0.4, 0.5) is 5.82 Å². The Morgan fingerprint density at radius 2 is 1.16 bits per heavy atom. The van der Waals surface area contributed by atoms with E-state index in [0.29, 0.717) is 85.1 Å². The van der Waals surface area contributed by atoms with Crippen LogP contribution in [0.15, 0.2) is 30.3 Å². The summed E-state index contributed by atoms with van der Waals surface area (Å²) < 4.78 is 37.8. The van der Waals surface area contributed by atoms with Crippen LogP contribution in [0.5, 0.6) is 5.75 Å². The summed E-state index contributed by atoms with van der Waals surface area (Å²) in [5.74, 6) is 1.26. The molecule has 0 amide bonds. The first-order valence-corrected chi connectivity index (χ1v) is 10.5. The number of nitrogens with two attached hydrogens (primary N) is 1. The van der Waals surface area contributed by atoms with E-state index in [4.69, 9.17) is 38.9 Å². The standard InChI is InChI=1S/C22H34N2O7/c1-25-7-8-26-9-10-27-11-12-28-13-14-29-15-16-30-17-18-31-21-4-2-3-20-19(21)5-6-22(23)24-20/h2-6H,7-18H2,1H3,(H2,23,24). The molecule has 2 aromatic rings. The second-order valence-corrected chi connectivity index (χ2v) is 6.46. The molecule has 0 unspecified atom stereocenters. The highest BCUT2D eigenvalue weighted by molar-refractivity contribution is 5.86. The van der Waals surface area contributed by atoms with Gasteiger partial charge in [0.25, 0.3) is 0 Å². The Hall–Kier alpha value is -2.01. The topological polar surface area (TPSA) is 104 Å². The van der Waals surface area contributed by atoms with Crippen molar-refractivity contribution in [3.8, 4) is 5.75 Å². The van der Waals surface area contributed by atoms with Gasteiger partial charge >= 0.3 is 0 Å². The molecular weight excluding hydrogens is 404 g/mol. The average molecular weight is 439 g/mol. The van der Waals surface area contributed by atoms with Crippen molar-refractivity contribution < 1.29 is 33.2 Å². The van der Waals surface area contributed by atoms with Crippen molar-refractivity contribution in [2.45, 2.75) is 0 Å². The molecule has 9 nitrogen and oxygen atoms in total. The normalized spacial score (nSPS) is 11.3. The Balaban J connectivity index is 1.36. The van der Waals surface area contributed by atoms with Gasteiger partial charge in [0.05, 0.1) is 78.2 Å². The maximum atomic E-state index is 5.79. The van der Waals surface area contributed by atoms with Crippen molar-refractivity contribution >= 4 is 16.7 Å². The molecule has 1 aromatic carbocycles. The van der Waals surface area contributed by atoms with Gasteiger partial charge in [0, 0.05) is 12.5 Å². The Morgan fingerprint density at radius 1 is 0.645 bits per heavy atom. The fourth-order valence-corrected chi connectivity index (χ4v) is 2.60. The van der Waals surface area contributed by atoms with Crippen LogP contribution in [0, 0.1) is 0 Å². The second-order valence-electron chi connectivity index (χ2n) is 6.46. The number of nitrogens with zero attached hydrogens (tertiary/aromatic N) is 1. The fraction of sp³-hybridized carbons (Fsp3) is 0.591. The van der Waals surface area contributed by atoms with E-state index in [1.54, 1.807) is 13.2 Å². The molecular formula is C22H34N2O7. The molecule has 0 aliphatic carbocycles. The molecule has 0 atom stereocenters. The number of pyridine rings is 1. The monoisotopic (exact) mass is 438 g/mol. The summed E-state index contributed by atoms with van der Waals surface area (Å²) in [4.78, 5) is 4.29. The molecule has 0 aliphatic rings. The fourth-order valence-electron chi connectivity index (χ4n) is 2.60. The molecule has 2 N–H and O–H groups in total. The number of anilines is 1. The van der Waals surface area contributed by atoms with Gasteiger partial charge in [0.1, 0.15) is 18.2 Å². The van der Waals surface area contributed by atoms with Crippen LogP contribution in [0.25, 0.3) is 10.9 Å². The highest BCUT2D eigenvalue weighted by Crippen LogP contribution is 2.24. The Kier molecular flexibility index (Phi) is 13.6. The van der Waals surface area contributed by atoms with Gasteiger partial charge < -0.3 is 38.9 Å². The Bertz CT molecular complexity index is 717. The van der Waals surface area contributed by atoms with Crippen molar-refractivity contribution in [1.29, 1.82) is 0 Å². The van der Waals surface area contributed by atoms with Gasteiger partial charge in [0.15, 0.2) is 0 Å². The van der Waals surface area contributed by atoms with Gasteiger partial charge in [-0.2, -0.15) is 0 Å². The number of rotatable bonds is 19. The number of hydrogen-bond donors (Lipinski definition) is 1. The molecule has 9 heteroatoms. The van der Waals surface area contributed by atoms with Crippen molar-refractivity contribution in [3.05, 3.63) is 30.3 Å². The average Bonchev–Trinajstić information content (AvgIpc) is 2.78. The summed E-state index contributed by atoms with van der Waals surface area (Å²) in [6.07, 6.45) is 0. The number of fused-ring (bicyclic) bond motifs is 1. The number of hydrogen-bond acceptors (Lipinski definition) is 9. The van der Waals surface area contributed by atoms with Crippen molar-refractivity contribution in [3.63, 3.8) is 0 Å². The van der Waals surface area contributed by atoms with Crippen molar-refractivity contribution in [2.75, 3.05) is 92.1 Å². The highest BCUT2D eigenvalue weighted by atomic mass is 16.6. The van der Waals surface area contributed by atoms with Gasteiger partial charge in [-0.15, -0.1) is 0 Å². The molecule has 1 heterocycles. The molecule has 0 spiro atoms. The minimum Gasteiger partial charge on any atom is -0.490 e. The zero-order valence-electron chi connectivity index (χ0n) is 18.3. The largest absolute Gasteiger partial charge is 0.490 e. The summed E-state index contributed by atoms with van der Waals surface area (Å²) in [6, 6.07) is 9.39. The van der Waals surface area contributed by atoms with Gasteiger partial charge in [-0.05, 0) is 24.3 Å². The number of ether oxygens (including phenoxy) is 7. The molecule has 1 aromatic heterocycles. The van der Waals surface area contributed by atoms with E-state index in [0.717, 1.165) is 16.7 Å². The molecule has 0 saturated heterocycles. The lowest BCUT2D eigenvalue weighted by molar-refractivity contribution is -0.0159. The molecule has 0 bridgehead atoms. The third-order valence-corrected chi connectivity index (χ3v) is 4.12. The predicted molar refractivity (Wildman–Crippen MR) is 118 cm³/mol. The first-order chi connectivity index (χ1) is 15.3. The quantitative estimate of drug-likeness (QED) is 0.329. The molecule has 0 fully saturated rings.